The van der Waals surface area contributed by atoms with Gasteiger partial charge in [0.15, 0.2) is 0 Å². The lowest BCUT2D eigenvalue weighted by Gasteiger charge is -2.34. The fourth-order valence-electron chi connectivity index (χ4n) is 0.878. The topological polar surface area (TPSA) is 0 Å². The van der Waals surface area contributed by atoms with Crippen LogP contribution in [0.2, 0.25) is 0 Å². The molecule has 0 N–H and O–H groups in total. The molecule has 0 fully saturated rings. The Kier molecular flexibility index (Phi) is 4.95. The Morgan fingerprint density at radius 1 is 0.944 bits per heavy atom. The van der Waals surface area contributed by atoms with E-state index in [4.69, 9.17) is 0 Å². The first-order chi connectivity index (χ1) is 7.83. The van der Waals surface area contributed by atoms with Crippen molar-refractivity contribution in [3.05, 3.63) is 11.4 Å². The summed E-state index contributed by atoms with van der Waals surface area (Å²) in [6.45, 7) is 0. The van der Waals surface area contributed by atoms with Crippen LogP contribution in [0.25, 0.3) is 0 Å². The van der Waals surface area contributed by atoms with Crippen molar-refractivity contribution in [2.45, 2.75) is 30.4 Å². The van der Waals surface area contributed by atoms with Gasteiger partial charge >= 0.3 is 12.1 Å². The van der Waals surface area contributed by atoms with Gasteiger partial charge < -0.3 is 0 Å². The van der Waals surface area contributed by atoms with Crippen LogP contribution in [0.4, 0.5) is 43.9 Å². The standard InChI is InChI=1S/C7H3ClF10/c8-2(1-9)5(13,4(11)12)6(14,15)3(10)7(16,17)18/h1,3-4H. The summed E-state index contributed by atoms with van der Waals surface area (Å²) in [6, 6.07) is 0. The molecule has 0 nitrogen and oxygen atoms in total. The van der Waals surface area contributed by atoms with E-state index >= 15 is 0 Å². The Hall–Kier alpha value is -0.670. The fourth-order valence-corrected chi connectivity index (χ4v) is 1.09. The molecule has 0 aromatic rings. The third kappa shape index (κ3) is 2.67. The van der Waals surface area contributed by atoms with E-state index in [-0.39, 0.29) is 0 Å². The van der Waals surface area contributed by atoms with Gasteiger partial charge in [-0.3, -0.25) is 0 Å². The Morgan fingerprint density at radius 3 is 1.56 bits per heavy atom. The molecule has 18 heavy (non-hydrogen) atoms. The predicted molar refractivity (Wildman–Crippen MR) is 40.8 cm³/mol. The minimum absolute atomic E-state index is 1.30. The molecular weight excluding hydrogens is 310 g/mol. The molecule has 0 aliphatic rings. The van der Waals surface area contributed by atoms with Crippen LogP contribution >= 0.6 is 11.6 Å². The van der Waals surface area contributed by atoms with Gasteiger partial charge in [-0.25, -0.2) is 22.0 Å². The van der Waals surface area contributed by atoms with Crippen LogP contribution in [0.1, 0.15) is 0 Å². The van der Waals surface area contributed by atoms with E-state index in [9.17, 15) is 43.9 Å². The lowest BCUT2D eigenvalue weighted by atomic mass is 9.93. The van der Waals surface area contributed by atoms with Crippen LogP contribution < -0.4 is 0 Å². The summed E-state index contributed by atoms with van der Waals surface area (Å²) in [5.74, 6) is -6.31. The molecule has 0 rings (SSSR count). The van der Waals surface area contributed by atoms with E-state index in [1.165, 1.54) is 0 Å². The maximum atomic E-state index is 13.2. The zero-order valence-electron chi connectivity index (χ0n) is 7.89. The van der Waals surface area contributed by atoms with Gasteiger partial charge in [-0.15, -0.1) is 0 Å². The molecular formula is C7H3ClF10. The molecule has 0 heterocycles. The van der Waals surface area contributed by atoms with Crippen LogP contribution in [-0.4, -0.2) is 30.4 Å². The molecule has 0 saturated heterocycles. The van der Waals surface area contributed by atoms with Crippen molar-refractivity contribution >= 4 is 11.6 Å². The number of hydrogen-bond donors (Lipinski definition) is 0. The van der Waals surface area contributed by atoms with Crippen molar-refractivity contribution in [2.75, 3.05) is 0 Å². The summed E-state index contributed by atoms with van der Waals surface area (Å²) in [7, 11) is 0. The normalized spacial score (nSPS) is 19.9. The summed E-state index contributed by atoms with van der Waals surface area (Å²) < 4.78 is 122. The van der Waals surface area contributed by atoms with Gasteiger partial charge in [-0.1, -0.05) is 11.6 Å². The van der Waals surface area contributed by atoms with Crippen molar-refractivity contribution in [1.29, 1.82) is 0 Å². The first-order valence-electron chi connectivity index (χ1n) is 3.85. The molecule has 0 aliphatic carbocycles. The lowest BCUT2D eigenvalue weighted by Crippen LogP contribution is -2.59. The molecule has 0 amide bonds. The minimum Gasteiger partial charge on any atom is -0.230 e. The van der Waals surface area contributed by atoms with Gasteiger partial charge in [0.1, 0.15) is 6.33 Å². The van der Waals surface area contributed by atoms with E-state index < -0.39 is 41.7 Å². The van der Waals surface area contributed by atoms with Crippen molar-refractivity contribution in [3.8, 4) is 0 Å². The van der Waals surface area contributed by atoms with Gasteiger partial charge in [-0.2, -0.15) is 22.0 Å². The Morgan fingerprint density at radius 2 is 1.33 bits per heavy atom. The van der Waals surface area contributed by atoms with E-state index in [0.29, 0.717) is 0 Å². The Labute approximate surface area is 98.2 Å². The van der Waals surface area contributed by atoms with Crippen molar-refractivity contribution in [1.82, 2.24) is 0 Å². The summed E-state index contributed by atoms with van der Waals surface area (Å²) in [5.41, 5.74) is -5.63. The monoisotopic (exact) mass is 312 g/mol. The second-order valence-electron chi connectivity index (χ2n) is 3.00. The average molecular weight is 313 g/mol. The Balaban J connectivity index is 5.79. The number of halogens is 11. The van der Waals surface area contributed by atoms with E-state index in [0.717, 1.165) is 0 Å². The van der Waals surface area contributed by atoms with Crippen molar-refractivity contribution in [2.24, 2.45) is 0 Å². The maximum Gasteiger partial charge on any atom is 0.425 e. The molecule has 0 saturated carbocycles. The largest absolute Gasteiger partial charge is 0.425 e. The number of rotatable bonds is 4. The highest BCUT2D eigenvalue weighted by Gasteiger charge is 2.73. The highest BCUT2D eigenvalue weighted by molar-refractivity contribution is 6.30. The number of alkyl halides is 9. The molecule has 0 radical (unpaired) electrons. The molecule has 0 spiro atoms. The molecule has 0 aliphatic heterocycles. The van der Waals surface area contributed by atoms with Gasteiger partial charge in [0.25, 0.3) is 18.3 Å². The van der Waals surface area contributed by atoms with E-state index in [1.54, 1.807) is 0 Å². The van der Waals surface area contributed by atoms with Gasteiger partial charge in [0.2, 0.25) is 0 Å². The number of hydrogen-bond acceptors (Lipinski definition) is 0. The quantitative estimate of drug-likeness (QED) is 0.668. The molecule has 2 atom stereocenters. The Bertz CT molecular complexity index is 321. The molecule has 108 valence electrons. The molecule has 0 aromatic carbocycles. The summed E-state index contributed by atoms with van der Waals surface area (Å²) in [6.07, 6.45) is -17.8. The third-order valence-corrected chi connectivity index (χ3v) is 2.19. The van der Waals surface area contributed by atoms with E-state index in [2.05, 4.69) is 11.6 Å². The SMILES string of the molecule is FC=C(Cl)C(F)(C(F)F)C(F)(F)C(F)C(F)(F)F. The van der Waals surface area contributed by atoms with Gasteiger partial charge in [-0.05, 0) is 0 Å². The van der Waals surface area contributed by atoms with Gasteiger partial charge in [0.05, 0.1) is 5.03 Å². The second kappa shape index (κ2) is 5.14. The zero-order chi connectivity index (χ0) is 14.9. The zero-order valence-corrected chi connectivity index (χ0v) is 8.65. The molecule has 2 unspecified atom stereocenters. The summed E-state index contributed by atoms with van der Waals surface area (Å²) in [5, 5.41) is -2.57. The molecule has 0 bridgehead atoms. The van der Waals surface area contributed by atoms with Gasteiger partial charge in [0, 0.05) is 0 Å². The summed E-state index contributed by atoms with van der Waals surface area (Å²) in [4.78, 5) is 0. The first-order valence-corrected chi connectivity index (χ1v) is 4.23. The smallest absolute Gasteiger partial charge is 0.230 e. The third-order valence-electron chi connectivity index (χ3n) is 1.83. The summed E-state index contributed by atoms with van der Waals surface area (Å²) >= 11 is 4.36. The lowest BCUT2D eigenvalue weighted by molar-refractivity contribution is -0.287. The van der Waals surface area contributed by atoms with Crippen LogP contribution in [0, 0.1) is 0 Å². The number of allylic oxidation sites excluding steroid dienone is 1. The van der Waals surface area contributed by atoms with Crippen LogP contribution in [0.15, 0.2) is 11.4 Å². The van der Waals surface area contributed by atoms with Crippen LogP contribution in [0.5, 0.6) is 0 Å². The van der Waals surface area contributed by atoms with Crippen molar-refractivity contribution < 1.29 is 43.9 Å². The predicted octanol–water partition coefficient (Wildman–Crippen LogP) is 4.55. The van der Waals surface area contributed by atoms with Crippen LogP contribution in [-0.2, 0) is 0 Å². The van der Waals surface area contributed by atoms with Crippen molar-refractivity contribution in [3.63, 3.8) is 0 Å². The van der Waals surface area contributed by atoms with E-state index in [1.807, 2.05) is 0 Å². The highest BCUT2D eigenvalue weighted by atomic mass is 35.5. The maximum absolute atomic E-state index is 13.2. The first kappa shape index (κ1) is 17.3. The fraction of sp³-hybridized carbons (Fsp3) is 0.714. The van der Waals surface area contributed by atoms with Crippen LogP contribution in [0.3, 0.4) is 0 Å². The minimum atomic E-state index is -6.33. The molecule has 11 heteroatoms. The molecule has 0 aromatic heterocycles. The average Bonchev–Trinajstić information content (AvgIpc) is 2.23. The highest BCUT2D eigenvalue weighted by Crippen LogP contribution is 2.50. The second-order valence-corrected chi connectivity index (χ2v) is 3.40.